The molecule has 0 radical (unpaired) electrons. The Morgan fingerprint density at radius 1 is 1.17 bits per heavy atom. The minimum Gasteiger partial charge on any atom is -0.208 e. The minimum absolute atomic E-state index is 0.00574. The molecule has 0 heterocycles. The SMILES string of the molecule is C[C@H]1CCCC[C@H]1NS(=O)(=O)c1ccc(F)cc1. The third kappa shape index (κ3) is 3.09. The first-order chi connectivity index (χ1) is 8.49. The summed E-state index contributed by atoms with van der Waals surface area (Å²) in [6.45, 7) is 2.07. The van der Waals surface area contributed by atoms with Crippen molar-refractivity contribution < 1.29 is 12.8 Å². The molecular formula is C13H18FNO2S. The highest BCUT2D eigenvalue weighted by molar-refractivity contribution is 7.89. The highest BCUT2D eigenvalue weighted by atomic mass is 32.2. The van der Waals surface area contributed by atoms with Gasteiger partial charge in [-0.3, -0.25) is 0 Å². The van der Waals surface area contributed by atoms with Crippen molar-refractivity contribution >= 4 is 10.0 Å². The van der Waals surface area contributed by atoms with E-state index < -0.39 is 15.8 Å². The van der Waals surface area contributed by atoms with Crippen LogP contribution in [0, 0.1) is 11.7 Å². The molecule has 0 bridgehead atoms. The van der Waals surface area contributed by atoms with Crippen LogP contribution in [0.1, 0.15) is 32.6 Å². The van der Waals surface area contributed by atoms with Crippen molar-refractivity contribution in [3.05, 3.63) is 30.1 Å². The van der Waals surface area contributed by atoms with Crippen molar-refractivity contribution in [3.8, 4) is 0 Å². The second kappa shape index (κ2) is 5.36. The monoisotopic (exact) mass is 271 g/mol. The highest BCUT2D eigenvalue weighted by Crippen LogP contribution is 2.25. The highest BCUT2D eigenvalue weighted by Gasteiger charge is 2.26. The van der Waals surface area contributed by atoms with Gasteiger partial charge in [0.2, 0.25) is 10.0 Å². The molecule has 0 aliphatic heterocycles. The molecule has 1 aliphatic rings. The van der Waals surface area contributed by atoms with Gasteiger partial charge < -0.3 is 0 Å². The molecule has 0 spiro atoms. The fourth-order valence-electron chi connectivity index (χ4n) is 2.37. The molecule has 100 valence electrons. The number of benzene rings is 1. The van der Waals surface area contributed by atoms with Crippen LogP contribution in [0.2, 0.25) is 0 Å². The molecule has 2 atom stereocenters. The van der Waals surface area contributed by atoms with Crippen molar-refractivity contribution in [2.24, 2.45) is 5.92 Å². The van der Waals surface area contributed by atoms with Crippen molar-refractivity contribution in [2.75, 3.05) is 0 Å². The number of rotatable bonds is 3. The fourth-order valence-corrected chi connectivity index (χ4v) is 3.75. The molecule has 0 amide bonds. The van der Waals surface area contributed by atoms with E-state index in [2.05, 4.69) is 11.6 Å². The molecule has 0 aromatic heterocycles. The van der Waals surface area contributed by atoms with Gasteiger partial charge in [0, 0.05) is 6.04 Å². The Balaban J connectivity index is 2.13. The fraction of sp³-hybridized carbons (Fsp3) is 0.538. The number of nitrogens with one attached hydrogen (secondary N) is 1. The molecular weight excluding hydrogens is 253 g/mol. The van der Waals surface area contributed by atoms with Gasteiger partial charge in [0.15, 0.2) is 0 Å². The Labute approximate surface area is 107 Å². The van der Waals surface area contributed by atoms with Crippen LogP contribution >= 0.6 is 0 Å². The van der Waals surface area contributed by atoms with Gasteiger partial charge in [-0.25, -0.2) is 17.5 Å². The quantitative estimate of drug-likeness (QED) is 0.918. The topological polar surface area (TPSA) is 46.2 Å². The second-order valence-corrected chi connectivity index (χ2v) is 6.66. The molecule has 1 aromatic carbocycles. The van der Waals surface area contributed by atoms with Crippen LogP contribution in [0.5, 0.6) is 0 Å². The lowest BCUT2D eigenvalue weighted by atomic mass is 9.87. The molecule has 0 unspecified atom stereocenters. The molecule has 5 heteroatoms. The van der Waals surface area contributed by atoms with Crippen LogP contribution in [-0.4, -0.2) is 14.5 Å². The van der Waals surface area contributed by atoms with Gasteiger partial charge in [-0.05, 0) is 43.0 Å². The van der Waals surface area contributed by atoms with E-state index in [9.17, 15) is 12.8 Å². The molecule has 1 aliphatic carbocycles. The van der Waals surface area contributed by atoms with E-state index in [1.165, 1.54) is 24.3 Å². The van der Waals surface area contributed by atoms with Crippen LogP contribution < -0.4 is 4.72 Å². The van der Waals surface area contributed by atoms with Crippen LogP contribution in [0.25, 0.3) is 0 Å². The maximum absolute atomic E-state index is 12.8. The largest absolute Gasteiger partial charge is 0.240 e. The van der Waals surface area contributed by atoms with Crippen LogP contribution in [-0.2, 0) is 10.0 Å². The molecule has 1 aromatic rings. The summed E-state index contributed by atoms with van der Waals surface area (Å²) in [6.07, 6.45) is 4.15. The summed E-state index contributed by atoms with van der Waals surface area (Å²) < 4.78 is 39.8. The van der Waals surface area contributed by atoms with Crippen molar-refractivity contribution in [2.45, 2.75) is 43.5 Å². The van der Waals surface area contributed by atoms with Gasteiger partial charge in [-0.15, -0.1) is 0 Å². The van der Waals surface area contributed by atoms with Crippen LogP contribution in [0.15, 0.2) is 29.2 Å². The van der Waals surface area contributed by atoms with E-state index in [-0.39, 0.29) is 10.9 Å². The van der Waals surface area contributed by atoms with Gasteiger partial charge in [0.25, 0.3) is 0 Å². The maximum atomic E-state index is 12.8. The van der Waals surface area contributed by atoms with Crippen LogP contribution in [0.4, 0.5) is 4.39 Å². The Kier molecular flexibility index (Phi) is 4.02. The summed E-state index contributed by atoms with van der Waals surface area (Å²) in [5.74, 6) is -0.0750. The zero-order valence-corrected chi connectivity index (χ0v) is 11.2. The number of hydrogen-bond donors (Lipinski definition) is 1. The van der Waals surface area contributed by atoms with E-state index in [1.54, 1.807) is 0 Å². The van der Waals surface area contributed by atoms with Gasteiger partial charge in [0.05, 0.1) is 4.90 Å². The van der Waals surface area contributed by atoms with Gasteiger partial charge in [-0.1, -0.05) is 19.8 Å². The molecule has 1 N–H and O–H groups in total. The zero-order valence-electron chi connectivity index (χ0n) is 10.4. The predicted octanol–water partition coefficient (Wildman–Crippen LogP) is 2.68. The summed E-state index contributed by atoms with van der Waals surface area (Å²) in [5.41, 5.74) is 0. The van der Waals surface area contributed by atoms with Gasteiger partial charge in [-0.2, -0.15) is 0 Å². The van der Waals surface area contributed by atoms with E-state index in [1.807, 2.05) is 0 Å². The number of halogens is 1. The Morgan fingerprint density at radius 3 is 2.39 bits per heavy atom. The van der Waals surface area contributed by atoms with Crippen LogP contribution in [0.3, 0.4) is 0 Å². The minimum atomic E-state index is -3.53. The predicted molar refractivity (Wildman–Crippen MR) is 68.1 cm³/mol. The lowest BCUT2D eigenvalue weighted by molar-refractivity contribution is 0.310. The smallest absolute Gasteiger partial charge is 0.208 e. The molecule has 3 nitrogen and oxygen atoms in total. The average Bonchev–Trinajstić information content (AvgIpc) is 2.32. The summed E-state index contributed by atoms with van der Waals surface area (Å²) >= 11 is 0. The average molecular weight is 271 g/mol. The van der Waals surface area contributed by atoms with E-state index in [0.29, 0.717) is 5.92 Å². The summed E-state index contributed by atoms with van der Waals surface area (Å²) in [5, 5.41) is 0. The first-order valence-electron chi connectivity index (χ1n) is 6.27. The van der Waals surface area contributed by atoms with E-state index >= 15 is 0 Å². The van der Waals surface area contributed by atoms with Gasteiger partial charge in [0.1, 0.15) is 5.82 Å². The standard InChI is InChI=1S/C13H18FNO2S/c1-10-4-2-3-5-13(10)15-18(16,17)12-8-6-11(14)7-9-12/h6-10,13,15H,2-5H2,1H3/t10-,13+/m0/s1. The maximum Gasteiger partial charge on any atom is 0.240 e. The third-order valence-corrected chi connectivity index (χ3v) is 5.05. The second-order valence-electron chi connectivity index (χ2n) is 4.94. The number of hydrogen-bond acceptors (Lipinski definition) is 2. The van der Waals surface area contributed by atoms with E-state index in [0.717, 1.165) is 25.7 Å². The Bertz CT molecular complexity index is 498. The summed E-state index contributed by atoms with van der Waals surface area (Å²) in [6, 6.07) is 4.92. The molecule has 18 heavy (non-hydrogen) atoms. The van der Waals surface area contributed by atoms with Crippen molar-refractivity contribution in [1.29, 1.82) is 0 Å². The normalized spacial score (nSPS) is 25.0. The zero-order chi connectivity index (χ0) is 13.2. The molecule has 2 rings (SSSR count). The molecule has 0 saturated heterocycles. The Hall–Kier alpha value is -0.940. The molecule has 1 fully saturated rings. The van der Waals surface area contributed by atoms with Gasteiger partial charge >= 0.3 is 0 Å². The first-order valence-corrected chi connectivity index (χ1v) is 7.75. The van der Waals surface area contributed by atoms with E-state index in [4.69, 9.17) is 0 Å². The number of sulfonamides is 1. The Morgan fingerprint density at radius 2 is 1.78 bits per heavy atom. The summed E-state index contributed by atoms with van der Waals surface area (Å²) in [4.78, 5) is 0.127. The summed E-state index contributed by atoms with van der Waals surface area (Å²) in [7, 11) is -3.53. The lowest BCUT2D eigenvalue weighted by Crippen LogP contribution is -2.40. The van der Waals surface area contributed by atoms with Crippen molar-refractivity contribution in [1.82, 2.24) is 4.72 Å². The lowest BCUT2D eigenvalue weighted by Gasteiger charge is -2.29. The first kappa shape index (κ1) is 13.5. The van der Waals surface area contributed by atoms with Crippen molar-refractivity contribution in [3.63, 3.8) is 0 Å². The third-order valence-electron chi connectivity index (χ3n) is 3.54. The molecule has 1 saturated carbocycles.